The maximum atomic E-state index is 5.47. The highest BCUT2D eigenvalue weighted by Gasteiger charge is 2.21. The van der Waals surface area contributed by atoms with Gasteiger partial charge in [-0.2, -0.15) is 0 Å². The number of fused-ring (bicyclic) bond motifs is 1. The molecule has 2 aromatic heterocycles. The summed E-state index contributed by atoms with van der Waals surface area (Å²) in [6.07, 6.45) is 0. The van der Waals surface area contributed by atoms with Crippen LogP contribution in [-0.2, 0) is 0 Å². The molecule has 0 bridgehead atoms. The number of hydrogen-bond donors (Lipinski definition) is 0. The Morgan fingerprint density at radius 3 is 1.21 bits per heavy atom. The molecule has 244 valence electrons. The van der Waals surface area contributed by atoms with Gasteiger partial charge in [-0.1, -0.05) is 182 Å². The van der Waals surface area contributed by atoms with Gasteiger partial charge in [0.25, 0.3) is 0 Å². The fourth-order valence-corrected chi connectivity index (χ4v) is 6.81. The Balaban J connectivity index is 1.24. The highest BCUT2D eigenvalue weighted by atomic mass is 14.9. The van der Waals surface area contributed by atoms with Gasteiger partial charge in [0.05, 0.1) is 34.0 Å². The molecule has 0 fully saturated rings. The third kappa shape index (κ3) is 5.93. The van der Waals surface area contributed by atoms with Crippen LogP contribution in [0.2, 0.25) is 0 Å². The molecule has 0 saturated heterocycles. The summed E-state index contributed by atoms with van der Waals surface area (Å²) >= 11 is 0. The first kappa shape index (κ1) is 31.0. The summed E-state index contributed by atoms with van der Waals surface area (Å²) < 4.78 is 0. The Morgan fingerprint density at radius 2 is 0.654 bits per heavy atom. The Hall–Kier alpha value is -7.04. The normalized spacial score (nSPS) is 11.1. The molecule has 0 radical (unpaired) electrons. The molecule has 9 aromatic rings. The average Bonchev–Trinajstić information content (AvgIpc) is 3.24. The van der Waals surface area contributed by atoms with Crippen molar-refractivity contribution in [3.05, 3.63) is 194 Å². The van der Waals surface area contributed by atoms with E-state index in [1.54, 1.807) is 0 Å². The van der Waals surface area contributed by atoms with Crippen molar-refractivity contribution in [3.63, 3.8) is 0 Å². The van der Waals surface area contributed by atoms with Crippen molar-refractivity contribution in [1.82, 2.24) is 19.9 Å². The van der Waals surface area contributed by atoms with E-state index in [4.69, 9.17) is 19.9 Å². The van der Waals surface area contributed by atoms with Gasteiger partial charge in [-0.3, -0.25) is 0 Å². The van der Waals surface area contributed by atoms with Crippen molar-refractivity contribution in [3.8, 4) is 78.8 Å². The van der Waals surface area contributed by atoms with Crippen molar-refractivity contribution >= 4 is 10.9 Å². The lowest BCUT2D eigenvalue weighted by molar-refractivity contribution is 1.21. The summed E-state index contributed by atoms with van der Waals surface area (Å²) in [4.78, 5) is 21.2. The molecule has 0 N–H and O–H groups in total. The number of aromatic nitrogens is 4. The zero-order valence-corrected chi connectivity index (χ0v) is 28.3. The van der Waals surface area contributed by atoms with Crippen molar-refractivity contribution in [2.45, 2.75) is 0 Å². The minimum absolute atomic E-state index is 0.682. The molecule has 7 aromatic carbocycles. The van der Waals surface area contributed by atoms with Crippen LogP contribution in [0.25, 0.3) is 89.7 Å². The van der Waals surface area contributed by atoms with Crippen LogP contribution >= 0.6 is 0 Å². The number of benzene rings is 7. The Labute approximate surface area is 302 Å². The SMILES string of the molecule is c1ccc(-c2nc(-c3ccccc3)c(-c3cccc(-c4ccccc4-c4nc(-c5ccccc5)c5ccccc5n4)c3)nc2-c2ccccc2)cc1. The van der Waals surface area contributed by atoms with Gasteiger partial charge in [0.1, 0.15) is 0 Å². The molecule has 0 aliphatic heterocycles. The number of para-hydroxylation sites is 1. The van der Waals surface area contributed by atoms with E-state index >= 15 is 0 Å². The van der Waals surface area contributed by atoms with Crippen LogP contribution in [0.3, 0.4) is 0 Å². The van der Waals surface area contributed by atoms with Crippen LogP contribution in [0.4, 0.5) is 0 Å². The molecule has 0 unspecified atom stereocenters. The van der Waals surface area contributed by atoms with E-state index in [0.717, 1.165) is 83.9 Å². The summed E-state index contributed by atoms with van der Waals surface area (Å²) in [6.45, 7) is 0. The van der Waals surface area contributed by atoms with E-state index < -0.39 is 0 Å². The van der Waals surface area contributed by atoms with Crippen molar-refractivity contribution in [2.75, 3.05) is 0 Å². The van der Waals surface area contributed by atoms with Gasteiger partial charge in [0.15, 0.2) is 5.82 Å². The van der Waals surface area contributed by atoms with Gasteiger partial charge in [-0.25, -0.2) is 19.9 Å². The molecular weight excluding hydrogens is 633 g/mol. The van der Waals surface area contributed by atoms with E-state index in [2.05, 4.69) is 109 Å². The van der Waals surface area contributed by atoms with E-state index in [-0.39, 0.29) is 0 Å². The first-order valence-electron chi connectivity index (χ1n) is 17.4. The van der Waals surface area contributed by atoms with Crippen LogP contribution in [0.1, 0.15) is 0 Å². The quantitative estimate of drug-likeness (QED) is 0.170. The first-order valence-corrected chi connectivity index (χ1v) is 17.4. The molecule has 2 heterocycles. The maximum absolute atomic E-state index is 5.47. The second-order valence-electron chi connectivity index (χ2n) is 12.6. The summed E-state index contributed by atoms with van der Waals surface area (Å²) in [5.74, 6) is 0.682. The average molecular weight is 665 g/mol. The maximum Gasteiger partial charge on any atom is 0.161 e. The lowest BCUT2D eigenvalue weighted by Gasteiger charge is -2.17. The Kier molecular flexibility index (Phi) is 8.16. The second-order valence-corrected chi connectivity index (χ2v) is 12.6. The van der Waals surface area contributed by atoms with Crippen LogP contribution < -0.4 is 0 Å². The molecule has 0 aliphatic carbocycles. The van der Waals surface area contributed by atoms with E-state index in [1.165, 1.54) is 0 Å². The zero-order chi connectivity index (χ0) is 34.7. The molecule has 0 aliphatic rings. The van der Waals surface area contributed by atoms with Crippen LogP contribution in [0.15, 0.2) is 194 Å². The second kappa shape index (κ2) is 13.7. The highest BCUT2D eigenvalue weighted by Crippen LogP contribution is 2.40. The van der Waals surface area contributed by atoms with Gasteiger partial charge in [0, 0.05) is 38.8 Å². The molecule has 4 heteroatoms. The van der Waals surface area contributed by atoms with Gasteiger partial charge in [0.2, 0.25) is 0 Å². The fraction of sp³-hybridized carbons (Fsp3) is 0. The van der Waals surface area contributed by atoms with Crippen LogP contribution in [-0.4, -0.2) is 19.9 Å². The summed E-state index contributed by atoms with van der Waals surface area (Å²) in [7, 11) is 0. The molecule has 0 saturated carbocycles. The van der Waals surface area contributed by atoms with E-state index in [9.17, 15) is 0 Å². The van der Waals surface area contributed by atoms with Crippen molar-refractivity contribution < 1.29 is 0 Å². The van der Waals surface area contributed by atoms with Crippen molar-refractivity contribution in [1.29, 1.82) is 0 Å². The number of hydrogen-bond acceptors (Lipinski definition) is 4. The van der Waals surface area contributed by atoms with Crippen LogP contribution in [0.5, 0.6) is 0 Å². The molecule has 0 atom stereocenters. The molecule has 9 rings (SSSR count). The predicted molar refractivity (Wildman–Crippen MR) is 213 cm³/mol. The summed E-state index contributed by atoms with van der Waals surface area (Å²) in [5, 5.41) is 1.03. The van der Waals surface area contributed by atoms with Gasteiger partial charge >= 0.3 is 0 Å². The van der Waals surface area contributed by atoms with Crippen molar-refractivity contribution in [2.24, 2.45) is 0 Å². The highest BCUT2D eigenvalue weighted by molar-refractivity contribution is 5.95. The minimum atomic E-state index is 0.682. The monoisotopic (exact) mass is 664 g/mol. The zero-order valence-electron chi connectivity index (χ0n) is 28.3. The first-order chi connectivity index (χ1) is 25.8. The third-order valence-electron chi connectivity index (χ3n) is 9.30. The Morgan fingerprint density at radius 1 is 0.250 bits per heavy atom. The lowest BCUT2D eigenvalue weighted by Crippen LogP contribution is -2.01. The van der Waals surface area contributed by atoms with E-state index in [1.807, 2.05) is 84.9 Å². The molecule has 0 amide bonds. The standard InChI is InChI=1S/C48H32N4/c1-5-18-33(19-6-1)43-41-30-15-16-31-42(41)49-48(52-43)40-29-14-13-28-39(40)37-26-17-27-38(32-37)47-46(36-24-11-4-12-25-36)50-44(34-20-7-2-8-21-34)45(51-47)35-22-9-3-10-23-35/h1-32H. The molecule has 0 spiro atoms. The number of rotatable bonds is 7. The van der Waals surface area contributed by atoms with Gasteiger partial charge in [-0.15, -0.1) is 0 Å². The van der Waals surface area contributed by atoms with Crippen LogP contribution in [0, 0.1) is 0 Å². The largest absolute Gasteiger partial charge is 0.243 e. The predicted octanol–water partition coefficient (Wildman–Crippen LogP) is 12.1. The van der Waals surface area contributed by atoms with Gasteiger partial charge in [-0.05, 0) is 23.3 Å². The molecule has 52 heavy (non-hydrogen) atoms. The smallest absolute Gasteiger partial charge is 0.161 e. The minimum Gasteiger partial charge on any atom is -0.243 e. The summed E-state index contributed by atoms with van der Waals surface area (Å²) in [6, 6.07) is 66.5. The Bertz CT molecular complexity index is 2660. The van der Waals surface area contributed by atoms with E-state index in [0.29, 0.717) is 5.82 Å². The third-order valence-corrected chi connectivity index (χ3v) is 9.30. The fourth-order valence-electron chi connectivity index (χ4n) is 6.81. The van der Waals surface area contributed by atoms with Gasteiger partial charge < -0.3 is 0 Å². The summed E-state index contributed by atoms with van der Waals surface area (Å²) in [5.41, 5.74) is 13.3. The number of nitrogens with zero attached hydrogens (tertiary/aromatic N) is 4. The molecular formula is C48H32N4. The molecule has 4 nitrogen and oxygen atoms in total. The lowest BCUT2D eigenvalue weighted by atomic mass is 9.94. The topological polar surface area (TPSA) is 51.6 Å².